The van der Waals surface area contributed by atoms with Crippen LogP contribution in [0.4, 0.5) is 16.2 Å². The summed E-state index contributed by atoms with van der Waals surface area (Å²) in [7, 11) is 1.58. The van der Waals surface area contributed by atoms with Gasteiger partial charge in [-0.3, -0.25) is 14.9 Å². The first kappa shape index (κ1) is 21.3. The Bertz CT molecular complexity index is 1040. The van der Waals surface area contributed by atoms with Gasteiger partial charge in [-0.25, -0.2) is 4.79 Å². The summed E-state index contributed by atoms with van der Waals surface area (Å²) in [6.45, 7) is 8.39. The van der Waals surface area contributed by atoms with Gasteiger partial charge in [0.1, 0.15) is 5.60 Å². The zero-order valence-corrected chi connectivity index (χ0v) is 17.7. The number of ether oxygens (including phenoxy) is 1. The summed E-state index contributed by atoms with van der Waals surface area (Å²) < 4.78 is 10.6. The second-order valence-electron chi connectivity index (χ2n) is 8.39. The van der Waals surface area contributed by atoms with Gasteiger partial charge in [0, 0.05) is 18.3 Å². The van der Waals surface area contributed by atoms with Crippen LogP contribution in [0, 0.1) is 24.0 Å². The number of carbonyl (C=O) groups excluding carboxylic acids is 2. The van der Waals surface area contributed by atoms with Crippen molar-refractivity contribution >= 4 is 23.4 Å². The highest BCUT2D eigenvalue weighted by Crippen LogP contribution is 2.43. The summed E-state index contributed by atoms with van der Waals surface area (Å²) >= 11 is 0. The molecular formula is C20H24N4O6. The number of carbonyl (C=O) groups is 2. The molecule has 0 fully saturated rings. The Balaban J connectivity index is 2.16. The average Bonchev–Trinajstić information content (AvgIpc) is 3.05. The highest BCUT2D eigenvalue weighted by molar-refractivity contribution is 6.09. The van der Waals surface area contributed by atoms with E-state index in [0.29, 0.717) is 11.3 Å². The van der Waals surface area contributed by atoms with Gasteiger partial charge in [-0.05, 0) is 40.7 Å². The van der Waals surface area contributed by atoms with E-state index in [1.54, 1.807) is 40.0 Å². The van der Waals surface area contributed by atoms with E-state index in [1.165, 1.54) is 11.8 Å². The zero-order chi connectivity index (χ0) is 22.4. The molecule has 0 saturated carbocycles. The van der Waals surface area contributed by atoms with Gasteiger partial charge >= 0.3 is 11.8 Å². The molecule has 1 aromatic carbocycles. The number of benzene rings is 1. The number of nitro groups is 1. The van der Waals surface area contributed by atoms with Gasteiger partial charge in [-0.2, -0.15) is 0 Å². The van der Waals surface area contributed by atoms with E-state index in [1.807, 2.05) is 13.0 Å². The molecule has 10 heteroatoms. The first-order chi connectivity index (χ1) is 13.9. The van der Waals surface area contributed by atoms with E-state index in [-0.39, 0.29) is 23.6 Å². The normalized spacial score (nSPS) is 18.3. The predicted molar refractivity (Wildman–Crippen MR) is 107 cm³/mol. The maximum Gasteiger partial charge on any atom is 0.408 e. The summed E-state index contributed by atoms with van der Waals surface area (Å²) in [5, 5.41) is 17.9. The first-order valence-electron chi connectivity index (χ1n) is 9.36. The van der Waals surface area contributed by atoms with Gasteiger partial charge in [-0.1, -0.05) is 22.9 Å². The smallest absolute Gasteiger partial charge is 0.408 e. The minimum atomic E-state index is -1.64. The van der Waals surface area contributed by atoms with Crippen LogP contribution in [0.5, 0.6) is 0 Å². The van der Waals surface area contributed by atoms with Crippen LogP contribution in [-0.4, -0.2) is 34.7 Å². The van der Waals surface area contributed by atoms with E-state index in [9.17, 15) is 19.7 Å². The Morgan fingerprint density at radius 1 is 1.37 bits per heavy atom. The molecule has 1 atom stereocenters. The van der Waals surface area contributed by atoms with Crippen molar-refractivity contribution in [2.45, 2.75) is 52.2 Å². The average molecular weight is 416 g/mol. The van der Waals surface area contributed by atoms with Crippen molar-refractivity contribution in [2.75, 3.05) is 11.9 Å². The molecule has 1 aliphatic heterocycles. The van der Waals surface area contributed by atoms with Crippen LogP contribution in [-0.2, 0) is 21.5 Å². The van der Waals surface area contributed by atoms with E-state index < -0.39 is 28.1 Å². The largest absolute Gasteiger partial charge is 0.444 e. The number of likely N-dealkylation sites (N-methyl/N-ethyl adjacent to an activating group) is 1. The number of aromatic nitrogens is 1. The number of fused-ring (bicyclic) bond motifs is 1. The minimum absolute atomic E-state index is 0.0886. The van der Waals surface area contributed by atoms with Crippen LogP contribution in [0.15, 0.2) is 22.7 Å². The van der Waals surface area contributed by atoms with E-state index in [4.69, 9.17) is 9.26 Å². The van der Waals surface area contributed by atoms with Gasteiger partial charge in [0.05, 0.1) is 11.3 Å². The number of hydrogen-bond acceptors (Lipinski definition) is 7. The van der Waals surface area contributed by atoms with E-state index in [0.717, 1.165) is 5.56 Å². The number of aryl methyl sites for hydroxylation is 2. The lowest BCUT2D eigenvalue weighted by Gasteiger charge is -2.30. The lowest BCUT2D eigenvalue weighted by Crippen LogP contribution is -2.55. The SMILES string of the molecule is Cc1ccc2c(c1)[C@@](Cc1onc(C)c1[N+](=O)[O-])(NC(=O)OC(C)(C)C)C(=O)N2C. The molecule has 10 nitrogen and oxygen atoms in total. The van der Waals surface area contributed by atoms with Crippen LogP contribution in [0.1, 0.15) is 43.4 Å². The molecule has 2 heterocycles. The molecule has 1 aliphatic rings. The molecule has 3 rings (SSSR count). The van der Waals surface area contributed by atoms with Crippen molar-refractivity contribution in [1.82, 2.24) is 10.5 Å². The molecule has 0 unspecified atom stereocenters. The number of anilines is 1. The molecule has 0 bridgehead atoms. The van der Waals surface area contributed by atoms with Crippen LogP contribution < -0.4 is 10.2 Å². The molecule has 0 saturated heterocycles. The fraction of sp³-hybridized carbons (Fsp3) is 0.450. The Morgan fingerprint density at radius 2 is 2.03 bits per heavy atom. The number of rotatable bonds is 4. The van der Waals surface area contributed by atoms with Gasteiger partial charge in [0.15, 0.2) is 11.2 Å². The van der Waals surface area contributed by atoms with Crippen LogP contribution in [0.3, 0.4) is 0 Å². The number of hydrogen-bond donors (Lipinski definition) is 1. The topological polar surface area (TPSA) is 128 Å². The van der Waals surface area contributed by atoms with Crippen molar-refractivity contribution in [3.63, 3.8) is 0 Å². The van der Waals surface area contributed by atoms with Gasteiger partial charge in [0.25, 0.3) is 5.91 Å². The van der Waals surface area contributed by atoms with Crippen molar-refractivity contribution in [3.05, 3.63) is 50.9 Å². The minimum Gasteiger partial charge on any atom is -0.444 e. The maximum absolute atomic E-state index is 13.4. The molecule has 30 heavy (non-hydrogen) atoms. The maximum atomic E-state index is 13.4. The molecule has 0 radical (unpaired) electrons. The Morgan fingerprint density at radius 3 is 2.63 bits per heavy atom. The molecule has 1 N–H and O–H groups in total. The van der Waals surface area contributed by atoms with Crippen molar-refractivity contribution in [2.24, 2.45) is 0 Å². The third-order valence-corrected chi connectivity index (χ3v) is 4.87. The fourth-order valence-corrected chi connectivity index (χ4v) is 3.61. The highest BCUT2D eigenvalue weighted by Gasteiger charge is 2.53. The monoisotopic (exact) mass is 416 g/mol. The van der Waals surface area contributed by atoms with Crippen molar-refractivity contribution in [1.29, 1.82) is 0 Å². The quantitative estimate of drug-likeness (QED) is 0.599. The van der Waals surface area contributed by atoms with Crippen LogP contribution in [0.25, 0.3) is 0 Å². The molecule has 1 aromatic heterocycles. The summed E-state index contributed by atoms with van der Waals surface area (Å²) in [6, 6.07) is 5.37. The summed E-state index contributed by atoms with van der Waals surface area (Å²) in [5.41, 5.74) is -0.735. The Labute approximate surface area is 173 Å². The second-order valence-corrected chi connectivity index (χ2v) is 8.39. The fourth-order valence-electron chi connectivity index (χ4n) is 3.61. The predicted octanol–water partition coefficient (Wildman–Crippen LogP) is 3.14. The molecule has 0 spiro atoms. The lowest BCUT2D eigenvalue weighted by molar-refractivity contribution is -0.386. The van der Waals surface area contributed by atoms with Crippen LogP contribution in [0.2, 0.25) is 0 Å². The van der Waals surface area contributed by atoms with Crippen molar-refractivity contribution < 1.29 is 23.8 Å². The molecule has 0 aliphatic carbocycles. The second kappa shape index (κ2) is 7.12. The summed E-state index contributed by atoms with van der Waals surface area (Å²) in [5.74, 6) is -0.568. The third kappa shape index (κ3) is 3.60. The highest BCUT2D eigenvalue weighted by atomic mass is 16.6. The number of nitrogens with zero attached hydrogens (tertiary/aromatic N) is 3. The molecule has 2 aromatic rings. The van der Waals surface area contributed by atoms with Crippen molar-refractivity contribution in [3.8, 4) is 0 Å². The molecular weight excluding hydrogens is 392 g/mol. The van der Waals surface area contributed by atoms with Gasteiger partial charge in [-0.15, -0.1) is 0 Å². The summed E-state index contributed by atoms with van der Waals surface area (Å²) in [6.07, 6.45) is -1.11. The Kier molecular flexibility index (Phi) is 5.05. The number of nitrogens with one attached hydrogen (secondary N) is 1. The van der Waals surface area contributed by atoms with E-state index >= 15 is 0 Å². The van der Waals surface area contributed by atoms with E-state index in [2.05, 4.69) is 10.5 Å². The molecule has 2 amide bonds. The first-order valence-corrected chi connectivity index (χ1v) is 9.36. The third-order valence-electron chi connectivity index (χ3n) is 4.87. The van der Waals surface area contributed by atoms with Crippen LogP contribution >= 0.6 is 0 Å². The standard InChI is InChI=1S/C20H24N4O6/c1-11-7-8-14-13(9-11)20(17(25)23(14)6,21-18(26)29-19(3,4)5)10-15-16(24(27)28)12(2)22-30-15/h7-9H,10H2,1-6H3,(H,21,26)/t20-/m1/s1. The lowest BCUT2D eigenvalue weighted by atomic mass is 9.85. The Hall–Kier alpha value is -3.43. The van der Waals surface area contributed by atoms with Gasteiger partial charge in [0.2, 0.25) is 5.76 Å². The number of amides is 2. The molecule has 160 valence electrons. The zero-order valence-electron chi connectivity index (χ0n) is 17.7. The van der Waals surface area contributed by atoms with Gasteiger partial charge < -0.3 is 19.5 Å². The number of alkyl carbamates (subject to hydrolysis) is 1. The summed E-state index contributed by atoms with van der Waals surface area (Å²) in [4.78, 5) is 38.4.